The number of aryl methyl sites for hydroxylation is 2. The molecule has 5 heteroatoms. The van der Waals surface area contributed by atoms with Crippen molar-refractivity contribution in [1.29, 1.82) is 0 Å². The Hall–Kier alpha value is -2.53. The minimum Gasteiger partial charge on any atom is -0.497 e. The Bertz CT molecular complexity index is 884. The minimum atomic E-state index is -0.284. The van der Waals surface area contributed by atoms with Crippen LogP contribution in [0.15, 0.2) is 47.4 Å². The number of benzene rings is 2. The van der Waals surface area contributed by atoms with Crippen molar-refractivity contribution in [3.8, 4) is 5.75 Å². The van der Waals surface area contributed by atoms with Gasteiger partial charge in [0, 0.05) is 0 Å². The number of allylic oxidation sites excluding steroid dienone is 1. The summed E-state index contributed by atoms with van der Waals surface area (Å²) in [5, 5.41) is -0.284. The van der Waals surface area contributed by atoms with Gasteiger partial charge in [0.1, 0.15) is 5.75 Å². The average molecular weight is 353 g/mol. The number of hydrogen-bond acceptors (Lipinski definition) is 4. The second-order valence-electron chi connectivity index (χ2n) is 5.96. The van der Waals surface area contributed by atoms with Crippen LogP contribution in [0.3, 0.4) is 0 Å². The van der Waals surface area contributed by atoms with E-state index in [9.17, 15) is 9.59 Å². The van der Waals surface area contributed by atoms with Crippen LogP contribution >= 0.6 is 11.8 Å². The Morgan fingerprint density at radius 2 is 1.68 bits per heavy atom. The molecule has 4 nitrogen and oxygen atoms in total. The zero-order chi connectivity index (χ0) is 18.1. The fraction of sp³-hybridized carbons (Fsp3) is 0.200. The molecular formula is C20H19NO3S. The molecule has 2 aromatic carbocycles. The van der Waals surface area contributed by atoms with Crippen LogP contribution in [0.1, 0.15) is 23.6 Å². The van der Waals surface area contributed by atoms with Crippen LogP contribution in [0.4, 0.5) is 10.5 Å². The molecule has 0 unspecified atom stereocenters. The Kier molecular flexibility index (Phi) is 4.68. The number of hydrogen-bond donors (Lipinski definition) is 0. The van der Waals surface area contributed by atoms with Crippen molar-refractivity contribution in [2.75, 3.05) is 12.0 Å². The van der Waals surface area contributed by atoms with E-state index in [0.29, 0.717) is 16.3 Å². The third kappa shape index (κ3) is 3.20. The molecule has 1 aliphatic heterocycles. The van der Waals surface area contributed by atoms with Gasteiger partial charge < -0.3 is 4.74 Å². The summed E-state index contributed by atoms with van der Waals surface area (Å²) in [5.74, 6) is 0.397. The van der Waals surface area contributed by atoms with E-state index in [4.69, 9.17) is 4.74 Å². The van der Waals surface area contributed by atoms with E-state index < -0.39 is 0 Å². The lowest BCUT2D eigenvalue weighted by molar-refractivity contribution is -0.113. The van der Waals surface area contributed by atoms with Crippen molar-refractivity contribution < 1.29 is 14.3 Å². The number of imide groups is 1. The zero-order valence-electron chi connectivity index (χ0n) is 14.6. The van der Waals surface area contributed by atoms with E-state index >= 15 is 0 Å². The Morgan fingerprint density at radius 1 is 1.00 bits per heavy atom. The average Bonchev–Trinajstić information content (AvgIpc) is 2.91. The maximum atomic E-state index is 12.8. The van der Waals surface area contributed by atoms with Gasteiger partial charge in [-0.2, -0.15) is 0 Å². The van der Waals surface area contributed by atoms with E-state index in [-0.39, 0.29) is 11.1 Å². The smallest absolute Gasteiger partial charge is 0.298 e. The first kappa shape index (κ1) is 17.3. The maximum Gasteiger partial charge on any atom is 0.298 e. The molecule has 1 heterocycles. The molecule has 2 aromatic rings. The SMILES string of the molecule is COc1ccc(N2C(=O)S/C(=C(/C)c3ccc(C)c(C)c3)C2=O)cc1. The molecule has 0 saturated carbocycles. The molecule has 2 amide bonds. The molecule has 0 spiro atoms. The summed E-state index contributed by atoms with van der Waals surface area (Å²) in [7, 11) is 1.57. The number of methoxy groups -OCH3 is 1. The van der Waals surface area contributed by atoms with E-state index in [0.717, 1.165) is 28.5 Å². The lowest BCUT2D eigenvalue weighted by Crippen LogP contribution is -2.27. The van der Waals surface area contributed by atoms with Crippen molar-refractivity contribution in [1.82, 2.24) is 0 Å². The molecule has 1 saturated heterocycles. The maximum absolute atomic E-state index is 12.8. The number of ether oxygens (including phenoxy) is 1. The van der Waals surface area contributed by atoms with Gasteiger partial charge in [-0.1, -0.05) is 18.2 Å². The van der Waals surface area contributed by atoms with Gasteiger partial charge in [0.05, 0.1) is 17.7 Å². The highest BCUT2D eigenvalue weighted by molar-refractivity contribution is 8.19. The largest absolute Gasteiger partial charge is 0.497 e. The molecule has 0 aliphatic carbocycles. The number of rotatable bonds is 3. The fourth-order valence-corrected chi connectivity index (χ4v) is 3.56. The lowest BCUT2D eigenvalue weighted by atomic mass is 10.0. The van der Waals surface area contributed by atoms with Crippen LogP contribution in [-0.2, 0) is 4.79 Å². The normalized spacial score (nSPS) is 16.4. The predicted octanol–water partition coefficient (Wildman–Crippen LogP) is 4.94. The van der Waals surface area contributed by atoms with E-state index in [1.54, 1.807) is 31.4 Å². The predicted molar refractivity (Wildman–Crippen MR) is 102 cm³/mol. The summed E-state index contributed by atoms with van der Waals surface area (Å²) in [5.41, 5.74) is 4.69. The molecular weight excluding hydrogens is 334 g/mol. The standard InChI is InChI=1S/C20H19NO3S/c1-12-5-6-15(11-13(12)2)14(3)18-19(22)21(20(23)25-18)16-7-9-17(24-4)10-8-16/h5-11H,1-4H3/b18-14-. The number of thioether (sulfide) groups is 1. The number of anilines is 1. The quantitative estimate of drug-likeness (QED) is 0.733. The Morgan fingerprint density at radius 3 is 2.28 bits per heavy atom. The lowest BCUT2D eigenvalue weighted by Gasteiger charge is -2.13. The summed E-state index contributed by atoms with van der Waals surface area (Å²) in [6.45, 7) is 5.97. The fourth-order valence-electron chi connectivity index (χ4n) is 2.66. The molecule has 0 aromatic heterocycles. The second-order valence-corrected chi connectivity index (χ2v) is 6.92. The number of carbonyl (C=O) groups is 2. The number of amides is 2. The van der Waals surface area contributed by atoms with Crippen molar-refractivity contribution in [3.63, 3.8) is 0 Å². The van der Waals surface area contributed by atoms with Gasteiger partial charge in [-0.15, -0.1) is 0 Å². The summed E-state index contributed by atoms with van der Waals surface area (Å²) >= 11 is 0.985. The van der Waals surface area contributed by atoms with E-state index in [1.165, 1.54) is 10.5 Å². The van der Waals surface area contributed by atoms with Crippen molar-refractivity contribution in [2.45, 2.75) is 20.8 Å². The molecule has 128 valence electrons. The highest BCUT2D eigenvalue weighted by Gasteiger charge is 2.37. The van der Waals surface area contributed by atoms with Crippen LogP contribution in [0.25, 0.3) is 5.57 Å². The van der Waals surface area contributed by atoms with Gasteiger partial charge >= 0.3 is 0 Å². The first-order chi connectivity index (χ1) is 11.9. The first-order valence-electron chi connectivity index (χ1n) is 7.91. The highest BCUT2D eigenvalue weighted by Crippen LogP contribution is 2.39. The third-order valence-corrected chi connectivity index (χ3v) is 5.42. The topological polar surface area (TPSA) is 46.6 Å². The molecule has 3 rings (SSSR count). The number of carbonyl (C=O) groups excluding carboxylic acids is 2. The highest BCUT2D eigenvalue weighted by atomic mass is 32.2. The number of nitrogens with zero attached hydrogens (tertiary/aromatic N) is 1. The van der Waals surface area contributed by atoms with Gasteiger partial charge in [-0.25, -0.2) is 4.90 Å². The molecule has 0 N–H and O–H groups in total. The zero-order valence-corrected chi connectivity index (χ0v) is 15.4. The first-order valence-corrected chi connectivity index (χ1v) is 8.73. The van der Waals surface area contributed by atoms with Gasteiger partial charge in [-0.3, -0.25) is 9.59 Å². The second kappa shape index (κ2) is 6.76. The van der Waals surface area contributed by atoms with Gasteiger partial charge in [0.15, 0.2) is 0 Å². The Labute approximate surface area is 151 Å². The van der Waals surface area contributed by atoms with Gasteiger partial charge in [0.25, 0.3) is 11.1 Å². The van der Waals surface area contributed by atoms with E-state index in [2.05, 4.69) is 0 Å². The van der Waals surface area contributed by atoms with Gasteiger partial charge in [-0.05, 0) is 79.1 Å². The van der Waals surface area contributed by atoms with Crippen LogP contribution in [0, 0.1) is 13.8 Å². The molecule has 1 aliphatic rings. The van der Waals surface area contributed by atoms with Crippen LogP contribution in [0.2, 0.25) is 0 Å². The molecule has 0 atom stereocenters. The van der Waals surface area contributed by atoms with Crippen LogP contribution in [0.5, 0.6) is 5.75 Å². The summed E-state index contributed by atoms with van der Waals surface area (Å²) < 4.78 is 5.12. The molecule has 25 heavy (non-hydrogen) atoms. The summed E-state index contributed by atoms with van der Waals surface area (Å²) in [6.07, 6.45) is 0. The van der Waals surface area contributed by atoms with Crippen LogP contribution in [-0.4, -0.2) is 18.3 Å². The Balaban J connectivity index is 1.97. The van der Waals surface area contributed by atoms with Crippen molar-refractivity contribution in [3.05, 3.63) is 64.1 Å². The monoisotopic (exact) mass is 353 g/mol. The van der Waals surface area contributed by atoms with Gasteiger partial charge in [0.2, 0.25) is 0 Å². The van der Waals surface area contributed by atoms with Crippen molar-refractivity contribution in [2.24, 2.45) is 0 Å². The minimum absolute atomic E-state index is 0.282. The van der Waals surface area contributed by atoms with E-state index in [1.807, 2.05) is 39.0 Å². The summed E-state index contributed by atoms with van der Waals surface area (Å²) in [4.78, 5) is 26.9. The van der Waals surface area contributed by atoms with Crippen molar-refractivity contribution >= 4 is 34.2 Å². The van der Waals surface area contributed by atoms with Crippen LogP contribution < -0.4 is 9.64 Å². The summed E-state index contributed by atoms with van der Waals surface area (Å²) in [6, 6.07) is 13.0. The third-order valence-electron chi connectivity index (χ3n) is 4.38. The molecule has 0 bridgehead atoms. The molecule has 1 fully saturated rings. The molecule has 0 radical (unpaired) electrons.